The summed E-state index contributed by atoms with van der Waals surface area (Å²) in [5.74, 6) is -0.569. The molecule has 25 heavy (non-hydrogen) atoms. The Morgan fingerprint density at radius 1 is 1.32 bits per heavy atom. The minimum atomic E-state index is -0.509. The number of pyridine rings is 1. The van der Waals surface area contributed by atoms with Gasteiger partial charge in [0.05, 0.1) is 22.7 Å². The van der Waals surface area contributed by atoms with E-state index in [1.165, 1.54) is 11.3 Å². The highest BCUT2D eigenvalue weighted by Gasteiger charge is 2.27. The molecular weight excluding hydrogens is 336 g/mol. The Kier molecular flexibility index (Phi) is 5.78. The molecule has 0 saturated carbocycles. The van der Waals surface area contributed by atoms with Gasteiger partial charge in [-0.05, 0) is 50.6 Å². The zero-order valence-electron chi connectivity index (χ0n) is 14.0. The molecule has 0 aliphatic carbocycles. The summed E-state index contributed by atoms with van der Waals surface area (Å²) in [7, 11) is 0. The van der Waals surface area contributed by atoms with Gasteiger partial charge in [0.25, 0.3) is 5.91 Å². The molecule has 3 N–H and O–H groups in total. The number of rotatable bonds is 5. The molecule has 1 aliphatic heterocycles. The summed E-state index contributed by atoms with van der Waals surface area (Å²) in [5, 5.41) is 5.02. The van der Waals surface area contributed by atoms with E-state index >= 15 is 0 Å². The van der Waals surface area contributed by atoms with Crippen LogP contribution in [0.4, 0.5) is 0 Å². The Hall–Kier alpha value is -2.25. The second kappa shape index (κ2) is 8.22. The summed E-state index contributed by atoms with van der Waals surface area (Å²) in [4.78, 5) is 31.3. The maximum absolute atomic E-state index is 13.1. The van der Waals surface area contributed by atoms with Crippen LogP contribution in [0.5, 0.6) is 0 Å². The van der Waals surface area contributed by atoms with Crippen molar-refractivity contribution in [2.24, 2.45) is 5.73 Å². The van der Waals surface area contributed by atoms with Gasteiger partial charge in [0.1, 0.15) is 0 Å². The fourth-order valence-corrected chi connectivity index (χ4v) is 3.92. The Balaban J connectivity index is 1.85. The number of aromatic nitrogens is 1. The predicted molar refractivity (Wildman–Crippen MR) is 97.5 cm³/mol. The zero-order valence-corrected chi connectivity index (χ0v) is 14.8. The highest BCUT2D eigenvalue weighted by Crippen LogP contribution is 2.23. The van der Waals surface area contributed by atoms with Gasteiger partial charge >= 0.3 is 0 Å². The fraction of sp³-hybridized carbons (Fsp3) is 0.389. The first-order valence-electron chi connectivity index (χ1n) is 8.45. The molecule has 0 bridgehead atoms. The van der Waals surface area contributed by atoms with Crippen molar-refractivity contribution in [3.8, 4) is 0 Å². The van der Waals surface area contributed by atoms with E-state index in [2.05, 4.69) is 10.3 Å². The summed E-state index contributed by atoms with van der Waals surface area (Å²) in [5.41, 5.74) is 6.56. The van der Waals surface area contributed by atoms with E-state index in [0.29, 0.717) is 17.0 Å². The van der Waals surface area contributed by atoms with Gasteiger partial charge in [0.2, 0.25) is 5.91 Å². The molecule has 2 aromatic heterocycles. The third-order valence-electron chi connectivity index (χ3n) is 4.40. The lowest BCUT2D eigenvalue weighted by Gasteiger charge is -2.30. The molecule has 1 saturated heterocycles. The van der Waals surface area contributed by atoms with Gasteiger partial charge in [-0.15, -0.1) is 11.3 Å². The van der Waals surface area contributed by atoms with Gasteiger partial charge in [-0.25, -0.2) is 0 Å². The first kappa shape index (κ1) is 17.6. The van der Waals surface area contributed by atoms with Crippen LogP contribution >= 0.6 is 11.3 Å². The maximum Gasteiger partial charge on any atom is 0.264 e. The van der Waals surface area contributed by atoms with Gasteiger partial charge < -0.3 is 16.0 Å². The van der Waals surface area contributed by atoms with E-state index < -0.39 is 5.91 Å². The zero-order chi connectivity index (χ0) is 17.6. The summed E-state index contributed by atoms with van der Waals surface area (Å²) in [6.07, 6.45) is 4.64. The summed E-state index contributed by atoms with van der Waals surface area (Å²) in [6.45, 7) is 2.34. The lowest BCUT2D eigenvalue weighted by atomic mass is 10.1. The maximum atomic E-state index is 13.1. The second-order valence-electron chi connectivity index (χ2n) is 6.15. The average molecular weight is 358 g/mol. The molecule has 7 heteroatoms. The number of amides is 2. The monoisotopic (exact) mass is 358 g/mol. The van der Waals surface area contributed by atoms with E-state index in [9.17, 15) is 9.59 Å². The Morgan fingerprint density at radius 2 is 2.20 bits per heavy atom. The van der Waals surface area contributed by atoms with Crippen molar-refractivity contribution in [2.45, 2.75) is 31.8 Å². The summed E-state index contributed by atoms with van der Waals surface area (Å²) < 4.78 is 0. The lowest BCUT2D eigenvalue weighted by molar-refractivity contribution is 0.0647. The van der Waals surface area contributed by atoms with Crippen molar-refractivity contribution in [1.82, 2.24) is 15.2 Å². The Labute approximate surface area is 151 Å². The van der Waals surface area contributed by atoms with Crippen LogP contribution in [0.3, 0.4) is 0 Å². The molecule has 2 aromatic rings. The molecule has 0 radical (unpaired) electrons. The minimum Gasteiger partial charge on any atom is -0.366 e. The van der Waals surface area contributed by atoms with Crippen LogP contribution in [0, 0.1) is 0 Å². The number of nitrogens with zero attached hydrogens (tertiary/aromatic N) is 2. The van der Waals surface area contributed by atoms with E-state index in [4.69, 9.17) is 5.73 Å². The van der Waals surface area contributed by atoms with Crippen molar-refractivity contribution in [3.05, 3.63) is 52.0 Å². The van der Waals surface area contributed by atoms with Crippen molar-refractivity contribution < 1.29 is 9.59 Å². The molecule has 2 amide bonds. The lowest BCUT2D eigenvalue weighted by Crippen LogP contribution is -2.40. The van der Waals surface area contributed by atoms with Crippen molar-refractivity contribution in [2.75, 3.05) is 13.1 Å². The number of thiophene rings is 1. The molecule has 1 unspecified atom stereocenters. The number of nitrogens with one attached hydrogen (secondary N) is 1. The molecule has 1 fully saturated rings. The molecule has 6 nitrogen and oxygen atoms in total. The van der Waals surface area contributed by atoms with Crippen molar-refractivity contribution in [1.29, 1.82) is 0 Å². The van der Waals surface area contributed by atoms with Gasteiger partial charge in [0, 0.05) is 17.6 Å². The largest absolute Gasteiger partial charge is 0.366 e. The molecular formula is C18H22N4O2S. The van der Waals surface area contributed by atoms with E-state index in [1.54, 1.807) is 17.6 Å². The van der Waals surface area contributed by atoms with Crippen LogP contribution < -0.4 is 11.1 Å². The molecule has 0 aromatic carbocycles. The van der Waals surface area contributed by atoms with Crippen molar-refractivity contribution >= 4 is 23.2 Å². The normalized spacial score (nSPS) is 17.7. The van der Waals surface area contributed by atoms with Crippen LogP contribution in [0.15, 0.2) is 35.8 Å². The first-order valence-corrected chi connectivity index (χ1v) is 9.33. The summed E-state index contributed by atoms with van der Waals surface area (Å²) >= 11 is 1.27. The minimum absolute atomic E-state index is 0.0601. The third kappa shape index (κ3) is 4.43. The highest BCUT2D eigenvalue weighted by atomic mass is 32.1. The van der Waals surface area contributed by atoms with Crippen LogP contribution in [-0.2, 0) is 6.54 Å². The fourth-order valence-electron chi connectivity index (χ4n) is 3.06. The van der Waals surface area contributed by atoms with E-state index in [1.807, 2.05) is 23.1 Å². The molecule has 3 heterocycles. The number of primary amides is 1. The Morgan fingerprint density at radius 3 is 2.92 bits per heavy atom. The van der Waals surface area contributed by atoms with Crippen LogP contribution in [0.1, 0.15) is 45.0 Å². The molecule has 3 rings (SSSR count). The smallest absolute Gasteiger partial charge is 0.264 e. The quantitative estimate of drug-likeness (QED) is 0.856. The van der Waals surface area contributed by atoms with E-state index in [-0.39, 0.29) is 11.9 Å². The Bertz CT molecular complexity index is 724. The highest BCUT2D eigenvalue weighted by molar-refractivity contribution is 7.12. The number of hydrogen-bond donors (Lipinski definition) is 2. The SMILES string of the molecule is NC(=O)c1csc(C(=O)N(Cc2ccccn2)C2CCCNCC2)c1. The second-order valence-corrected chi connectivity index (χ2v) is 7.06. The topological polar surface area (TPSA) is 88.3 Å². The van der Waals surface area contributed by atoms with Gasteiger partial charge in [0.15, 0.2) is 0 Å². The first-order chi connectivity index (χ1) is 12.1. The van der Waals surface area contributed by atoms with Gasteiger partial charge in [-0.2, -0.15) is 0 Å². The van der Waals surface area contributed by atoms with E-state index in [0.717, 1.165) is 38.0 Å². The molecule has 132 valence electrons. The van der Waals surface area contributed by atoms with Gasteiger partial charge in [-0.1, -0.05) is 6.07 Å². The van der Waals surface area contributed by atoms with Crippen LogP contribution in [-0.4, -0.2) is 40.8 Å². The third-order valence-corrected chi connectivity index (χ3v) is 5.32. The molecule has 1 atom stereocenters. The molecule has 0 spiro atoms. The predicted octanol–water partition coefficient (Wildman–Crippen LogP) is 2.03. The van der Waals surface area contributed by atoms with Crippen LogP contribution in [0.2, 0.25) is 0 Å². The molecule has 1 aliphatic rings. The number of carbonyl (C=O) groups is 2. The van der Waals surface area contributed by atoms with Crippen molar-refractivity contribution in [3.63, 3.8) is 0 Å². The summed E-state index contributed by atoms with van der Waals surface area (Å²) in [6, 6.07) is 7.47. The number of nitrogens with two attached hydrogens (primary N) is 1. The van der Waals surface area contributed by atoms with Crippen LogP contribution in [0.25, 0.3) is 0 Å². The number of hydrogen-bond acceptors (Lipinski definition) is 5. The standard InChI is InChI=1S/C18H22N4O2S/c19-17(23)13-10-16(25-12-13)18(24)22(11-14-4-1-2-8-21-14)15-5-3-7-20-9-6-15/h1-2,4,8,10,12,15,20H,3,5-7,9,11H2,(H2,19,23). The van der Waals surface area contributed by atoms with Gasteiger partial charge in [-0.3, -0.25) is 14.6 Å². The average Bonchev–Trinajstić information content (AvgIpc) is 2.97. The number of carbonyl (C=O) groups excluding carboxylic acids is 2.